The summed E-state index contributed by atoms with van der Waals surface area (Å²) in [6.45, 7) is 4.38. The van der Waals surface area contributed by atoms with E-state index >= 15 is 0 Å². The second-order valence-corrected chi connectivity index (χ2v) is 2.34. The van der Waals surface area contributed by atoms with Gasteiger partial charge in [0.25, 0.3) is 0 Å². The molecule has 56 valence electrons. The molecule has 0 aromatic carbocycles. The van der Waals surface area contributed by atoms with Crippen LogP contribution in [0.5, 0.6) is 0 Å². The zero-order valence-electron chi connectivity index (χ0n) is 6.33. The third-order valence-electron chi connectivity index (χ3n) is 1.44. The van der Waals surface area contributed by atoms with Crippen molar-refractivity contribution in [1.29, 1.82) is 5.26 Å². The van der Waals surface area contributed by atoms with Gasteiger partial charge in [0, 0.05) is 30.9 Å². The lowest BCUT2D eigenvalue weighted by Gasteiger charge is -2.16. The first-order valence-corrected chi connectivity index (χ1v) is 3.51. The molecule has 0 saturated heterocycles. The van der Waals surface area contributed by atoms with Crippen LogP contribution in [0.2, 0.25) is 0 Å². The predicted octanol–water partition coefficient (Wildman–Crippen LogP) is 1.80. The Morgan fingerprint density at radius 3 is 3.27 bits per heavy atom. The lowest BCUT2D eigenvalue weighted by molar-refractivity contribution is 0.551. The van der Waals surface area contributed by atoms with Crippen molar-refractivity contribution >= 4 is 0 Å². The third kappa shape index (κ3) is 1.98. The van der Waals surface area contributed by atoms with E-state index in [4.69, 9.17) is 5.26 Å². The summed E-state index contributed by atoms with van der Waals surface area (Å²) in [5, 5.41) is 8.57. The van der Waals surface area contributed by atoms with Gasteiger partial charge in [-0.2, -0.15) is 5.26 Å². The average Bonchev–Trinajstić information content (AvgIpc) is 2.06. The Labute approximate surface area is 66.7 Å². The van der Waals surface area contributed by atoms with Gasteiger partial charge in [-0.3, -0.25) is 0 Å². The van der Waals surface area contributed by atoms with Crippen molar-refractivity contribution in [3.05, 3.63) is 36.7 Å². The number of hydrogen-bond acceptors (Lipinski definition) is 2. The number of rotatable bonds is 2. The Hall–Kier alpha value is -1.49. The lowest BCUT2D eigenvalue weighted by Crippen LogP contribution is -2.12. The zero-order chi connectivity index (χ0) is 8.10. The molecular formula is C9H10N2. The summed E-state index contributed by atoms with van der Waals surface area (Å²) in [4.78, 5) is 1.94. The highest BCUT2D eigenvalue weighted by Crippen LogP contribution is 2.10. The SMILES string of the molecule is C=CCN1C=CCC(C#N)=C1. The van der Waals surface area contributed by atoms with Crippen LogP contribution in [0.4, 0.5) is 0 Å². The van der Waals surface area contributed by atoms with Gasteiger partial charge in [-0.1, -0.05) is 12.2 Å². The van der Waals surface area contributed by atoms with E-state index in [1.54, 1.807) is 6.08 Å². The minimum Gasteiger partial charge on any atom is -0.350 e. The number of allylic oxidation sites excluding steroid dienone is 2. The second kappa shape index (κ2) is 3.62. The van der Waals surface area contributed by atoms with Gasteiger partial charge in [0.05, 0.1) is 6.07 Å². The Balaban J connectivity index is 2.62. The van der Waals surface area contributed by atoms with Crippen LogP contribution in [0.1, 0.15) is 6.42 Å². The molecule has 0 fully saturated rings. The van der Waals surface area contributed by atoms with Gasteiger partial charge in [-0.05, 0) is 0 Å². The fourth-order valence-electron chi connectivity index (χ4n) is 0.948. The first-order chi connectivity index (χ1) is 5.36. The highest BCUT2D eigenvalue weighted by molar-refractivity contribution is 5.26. The van der Waals surface area contributed by atoms with Crippen LogP contribution < -0.4 is 0 Å². The van der Waals surface area contributed by atoms with Crippen LogP contribution in [0.25, 0.3) is 0 Å². The summed E-state index contributed by atoms with van der Waals surface area (Å²) in [6.07, 6.45) is 8.34. The molecule has 11 heavy (non-hydrogen) atoms. The minimum atomic E-state index is 0.754. The van der Waals surface area contributed by atoms with Crippen molar-refractivity contribution in [2.24, 2.45) is 0 Å². The molecule has 1 heterocycles. The van der Waals surface area contributed by atoms with Gasteiger partial charge < -0.3 is 4.90 Å². The fourth-order valence-corrected chi connectivity index (χ4v) is 0.948. The third-order valence-corrected chi connectivity index (χ3v) is 1.44. The zero-order valence-corrected chi connectivity index (χ0v) is 6.33. The molecule has 1 aliphatic heterocycles. The normalized spacial score (nSPS) is 15.5. The van der Waals surface area contributed by atoms with Gasteiger partial charge in [0.2, 0.25) is 0 Å². The average molecular weight is 146 g/mol. The first-order valence-electron chi connectivity index (χ1n) is 3.51. The monoisotopic (exact) mass is 146 g/mol. The molecule has 0 amide bonds. The lowest BCUT2D eigenvalue weighted by atomic mass is 10.2. The summed E-state index contributed by atoms with van der Waals surface area (Å²) >= 11 is 0. The topological polar surface area (TPSA) is 27.0 Å². The van der Waals surface area contributed by atoms with Gasteiger partial charge in [-0.15, -0.1) is 6.58 Å². The van der Waals surface area contributed by atoms with E-state index in [0.717, 1.165) is 18.5 Å². The van der Waals surface area contributed by atoms with E-state index in [2.05, 4.69) is 12.6 Å². The van der Waals surface area contributed by atoms with Crippen LogP contribution in [0, 0.1) is 11.3 Å². The summed E-state index contributed by atoms with van der Waals surface area (Å²) in [5.74, 6) is 0. The molecule has 2 heteroatoms. The highest BCUT2D eigenvalue weighted by Gasteiger charge is 2.01. The maximum atomic E-state index is 8.57. The Bertz CT molecular complexity index is 243. The van der Waals surface area contributed by atoms with Gasteiger partial charge in [-0.25, -0.2) is 0 Å². The molecule has 0 unspecified atom stereocenters. The van der Waals surface area contributed by atoms with E-state index in [0.29, 0.717) is 0 Å². The Kier molecular flexibility index (Phi) is 2.51. The van der Waals surface area contributed by atoms with E-state index < -0.39 is 0 Å². The van der Waals surface area contributed by atoms with Crippen LogP contribution in [0.3, 0.4) is 0 Å². The molecule has 0 spiro atoms. The number of nitrogens with zero attached hydrogens (tertiary/aromatic N) is 2. The van der Waals surface area contributed by atoms with Gasteiger partial charge in [0.1, 0.15) is 0 Å². The van der Waals surface area contributed by atoms with Crippen molar-refractivity contribution in [3.8, 4) is 6.07 Å². The van der Waals surface area contributed by atoms with Gasteiger partial charge >= 0.3 is 0 Å². The van der Waals surface area contributed by atoms with Crippen molar-refractivity contribution in [1.82, 2.24) is 4.90 Å². The van der Waals surface area contributed by atoms with Gasteiger partial charge in [0.15, 0.2) is 0 Å². The molecule has 1 aliphatic rings. The summed E-state index contributed by atoms with van der Waals surface area (Å²) < 4.78 is 0. The standard InChI is InChI=1S/C9H10N2/c1-2-5-11-6-3-4-9(7-10)8-11/h2-3,6,8H,1,4-5H2. The van der Waals surface area contributed by atoms with Crippen LogP contribution >= 0.6 is 0 Å². The maximum absolute atomic E-state index is 8.57. The molecular weight excluding hydrogens is 136 g/mol. The smallest absolute Gasteiger partial charge is 0.0965 e. The first kappa shape index (κ1) is 7.62. The molecule has 0 aromatic rings. The van der Waals surface area contributed by atoms with E-state index in [-0.39, 0.29) is 0 Å². The molecule has 0 N–H and O–H groups in total. The van der Waals surface area contributed by atoms with Crippen LogP contribution in [-0.4, -0.2) is 11.4 Å². The molecule has 2 nitrogen and oxygen atoms in total. The molecule has 1 rings (SSSR count). The largest absolute Gasteiger partial charge is 0.350 e. The number of nitriles is 1. The van der Waals surface area contributed by atoms with E-state index in [1.807, 2.05) is 23.4 Å². The van der Waals surface area contributed by atoms with E-state index in [1.165, 1.54) is 0 Å². The summed E-state index contributed by atoms with van der Waals surface area (Å²) in [6, 6.07) is 2.13. The minimum absolute atomic E-state index is 0.754. The van der Waals surface area contributed by atoms with Crippen LogP contribution in [-0.2, 0) is 0 Å². The Morgan fingerprint density at radius 2 is 2.64 bits per heavy atom. The molecule has 0 aliphatic carbocycles. The van der Waals surface area contributed by atoms with Crippen LogP contribution in [0.15, 0.2) is 36.7 Å². The molecule has 0 aromatic heterocycles. The maximum Gasteiger partial charge on any atom is 0.0965 e. The highest BCUT2D eigenvalue weighted by atomic mass is 15.1. The second-order valence-electron chi connectivity index (χ2n) is 2.34. The van der Waals surface area contributed by atoms with E-state index in [9.17, 15) is 0 Å². The molecule has 0 bridgehead atoms. The van der Waals surface area contributed by atoms with Crippen molar-refractivity contribution in [3.63, 3.8) is 0 Å². The predicted molar refractivity (Wildman–Crippen MR) is 44.4 cm³/mol. The summed E-state index contributed by atoms with van der Waals surface area (Å²) in [7, 11) is 0. The molecule has 0 atom stereocenters. The Morgan fingerprint density at radius 1 is 1.82 bits per heavy atom. The van der Waals surface area contributed by atoms with Crippen molar-refractivity contribution < 1.29 is 0 Å². The van der Waals surface area contributed by atoms with Crippen molar-refractivity contribution in [2.75, 3.05) is 6.54 Å². The number of hydrogen-bond donors (Lipinski definition) is 0. The fraction of sp³-hybridized carbons (Fsp3) is 0.222. The molecule has 0 saturated carbocycles. The quantitative estimate of drug-likeness (QED) is 0.555. The molecule has 0 radical (unpaired) electrons. The van der Waals surface area contributed by atoms with Crippen molar-refractivity contribution in [2.45, 2.75) is 6.42 Å². The summed E-state index contributed by atoms with van der Waals surface area (Å²) in [5.41, 5.74) is 0.800.